The molecule has 0 radical (unpaired) electrons. The van der Waals surface area contributed by atoms with Crippen molar-refractivity contribution in [3.05, 3.63) is 35.9 Å². The molecule has 1 aliphatic heterocycles. The third-order valence-electron chi connectivity index (χ3n) is 2.71. The van der Waals surface area contributed by atoms with Crippen LogP contribution in [0.25, 0.3) is 0 Å². The van der Waals surface area contributed by atoms with Crippen molar-refractivity contribution in [3.63, 3.8) is 0 Å². The Morgan fingerprint density at radius 3 is 2.67 bits per heavy atom. The summed E-state index contributed by atoms with van der Waals surface area (Å²) in [5.74, 6) is 0.105. The summed E-state index contributed by atoms with van der Waals surface area (Å²) in [6.45, 7) is 1.05. The summed E-state index contributed by atoms with van der Waals surface area (Å²) in [7, 11) is 0. The number of carbonyl (C=O) groups excluding carboxylic acids is 2. The van der Waals surface area contributed by atoms with E-state index in [1.54, 1.807) is 0 Å². The lowest BCUT2D eigenvalue weighted by molar-refractivity contribution is -0.121. The Hall–Kier alpha value is -1.55. The average molecular weight is 270 g/mol. The molecule has 0 unspecified atom stereocenters. The minimum atomic E-state index is -0.401. The quantitative estimate of drug-likeness (QED) is 0.828. The monoisotopic (exact) mass is 269 g/mol. The van der Waals surface area contributed by atoms with Crippen LogP contribution in [0.4, 0.5) is 4.79 Å². The molecule has 1 aliphatic rings. The van der Waals surface area contributed by atoms with E-state index in [1.807, 2.05) is 30.3 Å². The zero-order valence-corrected chi connectivity index (χ0v) is 10.8. The summed E-state index contributed by atoms with van der Waals surface area (Å²) in [5, 5.41) is 0. The molecule has 1 heterocycles. The third-order valence-corrected chi connectivity index (χ3v) is 2.71. The van der Waals surface area contributed by atoms with Crippen molar-refractivity contribution in [1.29, 1.82) is 0 Å². The van der Waals surface area contributed by atoms with Crippen LogP contribution in [0.3, 0.4) is 0 Å². The van der Waals surface area contributed by atoms with Gasteiger partial charge in [0.2, 0.25) is 0 Å². The van der Waals surface area contributed by atoms with Crippen LogP contribution in [0.1, 0.15) is 18.4 Å². The number of rotatable bonds is 2. The first-order valence-corrected chi connectivity index (χ1v) is 5.73. The van der Waals surface area contributed by atoms with Gasteiger partial charge in [0.05, 0.1) is 6.54 Å². The molecule has 1 amide bonds. The second kappa shape index (κ2) is 7.01. The largest absolute Gasteiger partial charge is 0.445 e. The number of benzene rings is 1. The Morgan fingerprint density at radius 2 is 2.00 bits per heavy atom. The standard InChI is InChI=1S/C13H15NO3.ClH/c15-12-7-4-8-14(9-12)13(16)17-10-11-5-2-1-3-6-11;/h1-3,5-6H,4,7-10H2;1H. The van der Waals surface area contributed by atoms with Crippen molar-refractivity contribution in [1.82, 2.24) is 4.90 Å². The Kier molecular flexibility index (Phi) is 5.65. The molecular formula is C13H16ClNO3. The van der Waals surface area contributed by atoms with E-state index in [0.29, 0.717) is 13.0 Å². The molecule has 5 heteroatoms. The van der Waals surface area contributed by atoms with E-state index < -0.39 is 6.09 Å². The molecule has 98 valence electrons. The smallest absolute Gasteiger partial charge is 0.410 e. The van der Waals surface area contributed by atoms with Crippen LogP contribution in [-0.4, -0.2) is 29.9 Å². The van der Waals surface area contributed by atoms with Crippen molar-refractivity contribution in [3.8, 4) is 0 Å². The minimum Gasteiger partial charge on any atom is -0.445 e. The molecule has 4 nitrogen and oxygen atoms in total. The van der Waals surface area contributed by atoms with Gasteiger partial charge >= 0.3 is 6.09 Å². The van der Waals surface area contributed by atoms with Gasteiger partial charge in [-0.25, -0.2) is 4.79 Å². The van der Waals surface area contributed by atoms with Gasteiger partial charge in [0.25, 0.3) is 0 Å². The molecule has 1 saturated heterocycles. The van der Waals surface area contributed by atoms with E-state index >= 15 is 0 Å². The normalized spacial score (nSPS) is 14.9. The fraction of sp³-hybridized carbons (Fsp3) is 0.385. The van der Waals surface area contributed by atoms with Gasteiger partial charge in [-0.3, -0.25) is 4.79 Å². The maximum Gasteiger partial charge on any atom is 0.410 e. The fourth-order valence-electron chi connectivity index (χ4n) is 1.80. The average Bonchev–Trinajstić information content (AvgIpc) is 2.37. The summed E-state index contributed by atoms with van der Waals surface area (Å²) < 4.78 is 5.15. The molecule has 0 atom stereocenters. The van der Waals surface area contributed by atoms with Gasteiger partial charge in [0.1, 0.15) is 6.61 Å². The van der Waals surface area contributed by atoms with Crippen molar-refractivity contribution < 1.29 is 14.3 Å². The van der Waals surface area contributed by atoms with Crippen molar-refractivity contribution in [2.45, 2.75) is 19.4 Å². The maximum absolute atomic E-state index is 11.7. The maximum atomic E-state index is 11.7. The van der Waals surface area contributed by atoms with Crippen molar-refractivity contribution in [2.24, 2.45) is 0 Å². The first-order valence-electron chi connectivity index (χ1n) is 5.73. The van der Waals surface area contributed by atoms with Crippen LogP contribution < -0.4 is 0 Å². The first kappa shape index (κ1) is 14.5. The lowest BCUT2D eigenvalue weighted by atomic mass is 10.1. The number of carbonyl (C=O) groups is 2. The summed E-state index contributed by atoms with van der Waals surface area (Å²) in [5.41, 5.74) is 0.948. The van der Waals surface area contributed by atoms with Gasteiger partial charge in [-0.15, -0.1) is 12.4 Å². The number of Topliss-reactive ketones (excluding diaryl/α,β-unsaturated/α-hetero) is 1. The molecule has 1 fully saturated rings. The van der Waals surface area contributed by atoms with Gasteiger partial charge in [0, 0.05) is 13.0 Å². The van der Waals surface area contributed by atoms with Crippen LogP contribution in [-0.2, 0) is 16.1 Å². The molecule has 0 aromatic heterocycles. The number of hydrogen-bond acceptors (Lipinski definition) is 3. The molecule has 1 aromatic carbocycles. The topological polar surface area (TPSA) is 46.6 Å². The number of amides is 1. The molecule has 0 bridgehead atoms. The molecule has 2 rings (SSSR count). The summed E-state index contributed by atoms with van der Waals surface area (Å²) in [4.78, 5) is 24.3. The fourth-order valence-corrected chi connectivity index (χ4v) is 1.80. The zero-order chi connectivity index (χ0) is 12.1. The Labute approximate surface area is 112 Å². The SMILES string of the molecule is Cl.O=C1CCCN(C(=O)OCc2ccccc2)C1. The predicted molar refractivity (Wildman–Crippen MR) is 69.7 cm³/mol. The van der Waals surface area contributed by atoms with Crippen LogP contribution in [0.5, 0.6) is 0 Å². The van der Waals surface area contributed by atoms with E-state index in [-0.39, 0.29) is 31.3 Å². The Bertz CT molecular complexity index is 408. The Morgan fingerprint density at radius 1 is 1.28 bits per heavy atom. The Balaban J connectivity index is 0.00000162. The number of ketones is 1. The van der Waals surface area contributed by atoms with E-state index in [2.05, 4.69) is 0 Å². The minimum absolute atomic E-state index is 0. The second-order valence-corrected chi connectivity index (χ2v) is 4.10. The zero-order valence-electron chi connectivity index (χ0n) is 10.0. The highest BCUT2D eigenvalue weighted by Gasteiger charge is 2.22. The lowest BCUT2D eigenvalue weighted by Crippen LogP contribution is -2.40. The van der Waals surface area contributed by atoms with Crippen molar-refractivity contribution >= 4 is 24.3 Å². The number of ether oxygens (including phenoxy) is 1. The highest BCUT2D eigenvalue weighted by Crippen LogP contribution is 2.09. The van der Waals surface area contributed by atoms with E-state index in [4.69, 9.17) is 4.74 Å². The van der Waals surface area contributed by atoms with E-state index in [9.17, 15) is 9.59 Å². The molecule has 18 heavy (non-hydrogen) atoms. The molecule has 0 saturated carbocycles. The van der Waals surface area contributed by atoms with Crippen LogP contribution in [0.2, 0.25) is 0 Å². The van der Waals surface area contributed by atoms with Crippen LogP contribution in [0.15, 0.2) is 30.3 Å². The lowest BCUT2D eigenvalue weighted by Gasteiger charge is -2.24. The van der Waals surface area contributed by atoms with Gasteiger partial charge in [-0.2, -0.15) is 0 Å². The summed E-state index contributed by atoms with van der Waals surface area (Å²) in [6.07, 6.45) is 0.906. The van der Waals surface area contributed by atoms with Gasteiger partial charge in [0.15, 0.2) is 5.78 Å². The summed E-state index contributed by atoms with van der Waals surface area (Å²) >= 11 is 0. The molecule has 0 spiro atoms. The van der Waals surface area contributed by atoms with Crippen LogP contribution in [0, 0.1) is 0 Å². The van der Waals surface area contributed by atoms with Crippen LogP contribution >= 0.6 is 12.4 Å². The number of hydrogen-bond donors (Lipinski definition) is 0. The highest BCUT2D eigenvalue weighted by molar-refractivity contribution is 5.85. The van der Waals surface area contributed by atoms with E-state index in [0.717, 1.165) is 12.0 Å². The third kappa shape index (κ3) is 4.04. The highest BCUT2D eigenvalue weighted by atomic mass is 35.5. The van der Waals surface area contributed by atoms with E-state index in [1.165, 1.54) is 4.90 Å². The number of likely N-dealkylation sites (tertiary alicyclic amines) is 1. The molecular weight excluding hydrogens is 254 g/mol. The molecule has 0 N–H and O–H groups in total. The number of halogens is 1. The van der Waals surface area contributed by atoms with Gasteiger partial charge < -0.3 is 9.64 Å². The van der Waals surface area contributed by atoms with Crippen molar-refractivity contribution in [2.75, 3.05) is 13.1 Å². The second-order valence-electron chi connectivity index (χ2n) is 4.10. The van der Waals surface area contributed by atoms with Gasteiger partial charge in [-0.05, 0) is 12.0 Å². The molecule has 1 aromatic rings. The van der Waals surface area contributed by atoms with Gasteiger partial charge in [-0.1, -0.05) is 30.3 Å². The molecule has 0 aliphatic carbocycles. The number of nitrogens with zero attached hydrogens (tertiary/aromatic N) is 1. The first-order chi connectivity index (χ1) is 8.25. The predicted octanol–water partition coefficient (Wildman–Crippen LogP) is 2.41. The summed E-state index contributed by atoms with van der Waals surface area (Å²) in [6, 6.07) is 9.50. The number of piperidine rings is 1.